The summed E-state index contributed by atoms with van der Waals surface area (Å²) in [5, 5.41) is 16.2. The highest BCUT2D eigenvalue weighted by molar-refractivity contribution is 7.78. The lowest BCUT2D eigenvalue weighted by Gasteiger charge is -2.17. The lowest BCUT2D eigenvalue weighted by Crippen LogP contribution is -2.37. The molecule has 0 aromatic heterocycles. The first kappa shape index (κ1) is 20.8. The van der Waals surface area contributed by atoms with E-state index in [1.165, 1.54) is 5.56 Å². The molecule has 0 amide bonds. The van der Waals surface area contributed by atoms with E-state index in [4.69, 9.17) is 0 Å². The Morgan fingerprint density at radius 1 is 0.962 bits per heavy atom. The van der Waals surface area contributed by atoms with Crippen molar-refractivity contribution in [2.75, 3.05) is 58.9 Å². The zero-order valence-corrected chi connectivity index (χ0v) is 16.2. The predicted octanol–water partition coefficient (Wildman–Crippen LogP) is 1.02. The Hall–Kier alpha value is -1.47. The van der Waals surface area contributed by atoms with Crippen LogP contribution in [0, 0.1) is 5.92 Å². The molecule has 0 saturated heterocycles. The molecule has 1 heterocycles. The number of aliphatic imine (C=N–C) groups is 2. The second-order valence-corrected chi connectivity index (χ2v) is 6.58. The van der Waals surface area contributed by atoms with Crippen LogP contribution in [0.3, 0.4) is 0 Å². The fraction of sp³-hybridized carbons (Fsp3) is 0.579. The first-order valence-corrected chi connectivity index (χ1v) is 9.77. The Labute approximate surface area is 162 Å². The first-order valence-electron chi connectivity index (χ1n) is 9.36. The predicted molar refractivity (Wildman–Crippen MR) is 113 cm³/mol. The second kappa shape index (κ2) is 13.7. The van der Waals surface area contributed by atoms with Gasteiger partial charge in [0.1, 0.15) is 0 Å². The van der Waals surface area contributed by atoms with Gasteiger partial charge in [0.15, 0.2) is 0 Å². The van der Waals surface area contributed by atoms with E-state index in [1.807, 2.05) is 18.3 Å². The zero-order valence-electron chi connectivity index (χ0n) is 15.3. The summed E-state index contributed by atoms with van der Waals surface area (Å²) in [6.45, 7) is 8.54. The van der Waals surface area contributed by atoms with E-state index in [1.54, 1.807) is 0 Å². The van der Waals surface area contributed by atoms with Crippen LogP contribution >= 0.6 is 12.2 Å². The maximum atomic E-state index is 4.65. The lowest BCUT2D eigenvalue weighted by molar-refractivity contribution is 0.476. The molecule has 0 bridgehead atoms. The molecular weight excluding hydrogens is 344 g/mol. The van der Waals surface area contributed by atoms with Gasteiger partial charge in [-0.05, 0) is 42.3 Å². The third-order valence-corrected chi connectivity index (χ3v) is 4.32. The van der Waals surface area contributed by atoms with Gasteiger partial charge in [-0.2, -0.15) is 4.99 Å². The molecule has 1 aliphatic rings. The molecule has 0 spiro atoms. The molecule has 2 rings (SSSR count). The van der Waals surface area contributed by atoms with Crippen LogP contribution in [0.25, 0.3) is 0 Å². The van der Waals surface area contributed by atoms with E-state index < -0.39 is 0 Å². The number of thiocarbonyl (C=S) groups is 1. The van der Waals surface area contributed by atoms with E-state index >= 15 is 0 Å². The maximum absolute atomic E-state index is 4.65. The molecule has 1 atom stereocenters. The SMILES string of the molecule is S=C=Nc1ccc(CC2CN=CCNCCNCCNCCNC2)cc1. The van der Waals surface area contributed by atoms with Crippen LogP contribution in [0.2, 0.25) is 0 Å². The summed E-state index contributed by atoms with van der Waals surface area (Å²) in [4.78, 5) is 8.63. The second-order valence-electron chi connectivity index (χ2n) is 6.40. The van der Waals surface area contributed by atoms with E-state index in [-0.39, 0.29) is 0 Å². The average molecular weight is 375 g/mol. The summed E-state index contributed by atoms with van der Waals surface area (Å²) >= 11 is 4.65. The molecule has 1 aromatic rings. The monoisotopic (exact) mass is 374 g/mol. The highest BCUT2D eigenvalue weighted by Gasteiger charge is 2.09. The fourth-order valence-electron chi connectivity index (χ4n) is 2.84. The minimum atomic E-state index is 0.473. The van der Waals surface area contributed by atoms with Crippen molar-refractivity contribution >= 4 is 29.3 Å². The third-order valence-electron chi connectivity index (χ3n) is 4.23. The molecule has 0 aliphatic carbocycles. The van der Waals surface area contributed by atoms with Crippen LogP contribution in [-0.4, -0.2) is 70.3 Å². The fourth-order valence-corrected chi connectivity index (χ4v) is 2.94. The Bertz CT molecular complexity index is 568. The van der Waals surface area contributed by atoms with Gasteiger partial charge in [0.25, 0.3) is 0 Å². The van der Waals surface area contributed by atoms with Gasteiger partial charge in [-0.3, -0.25) is 4.99 Å². The molecule has 1 unspecified atom stereocenters. The highest BCUT2D eigenvalue weighted by Crippen LogP contribution is 2.15. The van der Waals surface area contributed by atoms with Gasteiger partial charge in [-0.1, -0.05) is 12.1 Å². The quantitative estimate of drug-likeness (QED) is 0.470. The Morgan fingerprint density at radius 2 is 1.62 bits per heavy atom. The van der Waals surface area contributed by atoms with Gasteiger partial charge in [0.2, 0.25) is 0 Å². The first-order chi connectivity index (χ1) is 12.9. The van der Waals surface area contributed by atoms with Gasteiger partial charge >= 0.3 is 0 Å². The number of benzene rings is 1. The number of isothiocyanates is 1. The topological polar surface area (TPSA) is 72.8 Å². The molecule has 26 heavy (non-hydrogen) atoms. The molecule has 0 fully saturated rings. The summed E-state index contributed by atoms with van der Waals surface area (Å²) in [7, 11) is 0. The minimum absolute atomic E-state index is 0.473. The van der Waals surface area contributed by atoms with E-state index in [0.717, 1.165) is 71.0 Å². The molecule has 6 nitrogen and oxygen atoms in total. The smallest absolute Gasteiger partial charge is 0.0739 e. The number of nitrogens with zero attached hydrogens (tertiary/aromatic N) is 2. The number of hydrogen-bond acceptors (Lipinski definition) is 7. The van der Waals surface area contributed by atoms with Crippen LogP contribution in [0.5, 0.6) is 0 Å². The summed E-state index contributed by atoms with van der Waals surface area (Å²) < 4.78 is 0. The van der Waals surface area contributed by atoms with Crippen LogP contribution < -0.4 is 21.3 Å². The largest absolute Gasteiger partial charge is 0.315 e. The van der Waals surface area contributed by atoms with Crippen LogP contribution in [-0.2, 0) is 6.42 Å². The molecule has 7 heteroatoms. The van der Waals surface area contributed by atoms with E-state index in [9.17, 15) is 0 Å². The van der Waals surface area contributed by atoms with Gasteiger partial charge in [0, 0.05) is 65.1 Å². The number of rotatable bonds is 3. The third kappa shape index (κ3) is 9.29. The zero-order chi connectivity index (χ0) is 18.3. The van der Waals surface area contributed by atoms with Crippen molar-refractivity contribution in [3.63, 3.8) is 0 Å². The van der Waals surface area contributed by atoms with Crippen molar-refractivity contribution in [2.24, 2.45) is 15.9 Å². The Morgan fingerprint density at radius 3 is 2.31 bits per heavy atom. The summed E-state index contributed by atoms with van der Waals surface area (Å²) in [6, 6.07) is 8.21. The lowest BCUT2D eigenvalue weighted by atomic mass is 9.99. The molecular formula is C19H30N6S. The van der Waals surface area contributed by atoms with Crippen molar-refractivity contribution in [1.29, 1.82) is 0 Å². The van der Waals surface area contributed by atoms with Crippen LogP contribution in [0.15, 0.2) is 34.3 Å². The summed E-state index contributed by atoms with van der Waals surface area (Å²) in [5.41, 5.74) is 2.15. The van der Waals surface area contributed by atoms with Gasteiger partial charge in [-0.15, -0.1) is 0 Å². The van der Waals surface area contributed by atoms with Crippen molar-refractivity contribution in [1.82, 2.24) is 21.3 Å². The van der Waals surface area contributed by atoms with Crippen LogP contribution in [0.4, 0.5) is 5.69 Å². The van der Waals surface area contributed by atoms with E-state index in [0.29, 0.717) is 5.92 Å². The molecule has 1 aromatic carbocycles. The number of nitrogens with one attached hydrogen (secondary N) is 4. The molecule has 1 aliphatic heterocycles. The standard InChI is InChI=1S/C19H30N6S/c26-16-25-19-3-1-17(2-4-19)13-18-14-23-11-9-21-7-5-20-6-8-22-10-12-24-15-18/h1-4,11,18,20-22,24H,5-10,12-15H2. The Balaban J connectivity index is 1.87. The summed E-state index contributed by atoms with van der Waals surface area (Å²) in [5.74, 6) is 0.473. The van der Waals surface area contributed by atoms with Gasteiger partial charge < -0.3 is 21.3 Å². The summed E-state index contributed by atoms with van der Waals surface area (Å²) in [6.07, 6.45) is 2.99. The average Bonchev–Trinajstić information content (AvgIpc) is 2.65. The minimum Gasteiger partial charge on any atom is -0.315 e. The molecule has 0 radical (unpaired) electrons. The van der Waals surface area contributed by atoms with E-state index in [2.05, 4.69) is 60.8 Å². The maximum Gasteiger partial charge on any atom is 0.0739 e. The highest BCUT2D eigenvalue weighted by atomic mass is 32.1. The molecule has 4 N–H and O–H groups in total. The van der Waals surface area contributed by atoms with Crippen molar-refractivity contribution in [3.8, 4) is 0 Å². The van der Waals surface area contributed by atoms with Crippen molar-refractivity contribution in [2.45, 2.75) is 6.42 Å². The van der Waals surface area contributed by atoms with Crippen molar-refractivity contribution in [3.05, 3.63) is 29.8 Å². The normalized spacial score (nSPS) is 21.0. The molecule has 0 saturated carbocycles. The van der Waals surface area contributed by atoms with Crippen molar-refractivity contribution < 1.29 is 0 Å². The van der Waals surface area contributed by atoms with Crippen LogP contribution in [0.1, 0.15) is 5.56 Å². The Kier molecular flexibility index (Phi) is 11.0. The van der Waals surface area contributed by atoms with Gasteiger partial charge in [0.05, 0.1) is 10.8 Å². The van der Waals surface area contributed by atoms with Gasteiger partial charge in [-0.25, -0.2) is 0 Å². The molecule has 142 valence electrons. The number of hydrogen-bond donors (Lipinski definition) is 4.